The third-order valence-electron chi connectivity index (χ3n) is 3.45. The van der Waals surface area contributed by atoms with Gasteiger partial charge in [-0.1, -0.05) is 33.6 Å². The summed E-state index contributed by atoms with van der Waals surface area (Å²) >= 11 is 0. The predicted octanol–water partition coefficient (Wildman–Crippen LogP) is 3.01. The van der Waals surface area contributed by atoms with Crippen molar-refractivity contribution in [2.75, 3.05) is 13.1 Å². The number of nitrogens with zero attached hydrogens (tertiary/aromatic N) is 1. The lowest BCUT2D eigenvalue weighted by Crippen LogP contribution is -2.39. The fraction of sp³-hybridized carbons (Fsp3) is 1.00. The number of rotatable bonds is 9. The Labute approximate surface area is 102 Å². The molecule has 0 bridgehead atoms. The molecule has 0 heterocycles. The van der Waals surface area contributed by atoms with E-state index in [9.17, 15) is 0 Å². The Bertz CT molecular complexity index is 176. The van der Waals surface area contributed by atoms with E-state index in [0.29, 0.717) is 6.04 Å². The van der Waals surface area contributed by atoms with Crippen molar-refractivity contribution in [3.05, 3.63) is 0 Å². The van der Waals surface area contributed by atoms with Crippen LogP contribution in [-0.2, 0) is 0 Å². The van der Waals surface area contributed by atoms with Gasteiger partial charge in [-0.3, -0.25) is 4.90 Å². The number of hydrogen-bond acceptors (Lipinski definition) is 2. The molecule has 1 atom stereocenters. The van der Waals surface area contributed by atoms with Crippen molar-refractivity contribution in [1.82, 2.24) is 4.90 Å². The summed E-state index contributed by atoms with van der Waals surface area (Å²) in [5.41, 5.74) is 6.19. The second kappa shape index (κ2) is 7.29. The molecule has 1 saturated carbocycles. The molecule has 0 aliphatic heterocycles. The van der Waals surface area contributed by atoms with Crippen molar-refractivity contribution < 1.29 is 0 Å². The molecular formula is C14H30N2. The van der Waals surface area contributed by atoms with E-state index in [1.165, 1.54) is 45.1 Å². The number of hydrogen-bond donors (Lipinski definition) is 1. The Morgan fingerprint density at radius 1 is 1.25 bits per heavy atom. The van der Waals surface area contributed by atoms with Gasteiger partial charge in [-0.25, -0.2) is 0 Å². The van der Waals surface area contributed by atoms with Gasteiger partial charge in [0.05, 0.1) is 0 Å². The van der Waals surface area contributed by atoms with Crippen LogP contribution in [0.15, 0.2) is 0 Å². The molecule has 2 nitrogen and oxygen atoms in total. The van der Waals surface area contributed by atoms with Crippen LogP contribution in [0.5, 0.6) is 0 Å². The summed E-state index contributed by atoms with van der Waals surface area (Å²) in [4.78, 5) is 2.64. The SMILES string of the molecule is CCCCC(N)CN(CCC(C)C)C1CC1. The zero-order valence-electron chi connectivity index (χ0n) is 11.4. The molecule has 1 aliphatic rings. The Morgan fingerprint density at radius 3 is 2.44 bits per heavy atom. The molecule has 0 amide bonds. The molecule has 0 aromatic heterocycles. The first-order valence-corrected chi connectivity index (χ1v) is 7.13. The molecular weight excluding hydrogens is 196 g/mol. The highest BCUT2D eigenvalue weighted by Crippen LogP contribution is 2.27. The zero-order chi connectivity index (χ0) is 12.0. The minimum Gasteiger partial charge on any atom is -0.327 e. The summed E-state index contributed by atoms with van der Waals surface area (Å²) in [5, 5.41) is 0. The Hall–Kier alpha value is -0.0800. The van der Waals surface area contributed by atoms with Crippen molar-refractivity contribution >= 4 is 0 Å². The summed E-state index contributed by atoms with van der Waals surface area (Å²) in [6.07, 6.45) is 7.86. The third-order valence-corrected chi connectivity index (χ3v) is 3.45. The topological polar surface area (TPSA) is 29.3 Å². The van der Waals surface area contributed by atoms with Crippen LogP contribution < -0.4 is 5.73 Å². The van der Waals surface area contributed by atoms with Gasteiger partial charge >= 0.3 is 0 Å². The first-order valence-electron chi connectivity index (χ1n) is 7.13. The Balaban J connectivity index is 2.21. The van der Waals surface area contributed by atoms with Gasteiger partial charge in [0.15, 0.2) is 0 Å². The summed E-state index contributed by atoms with van der Waals surface area (Å²) < 4.78 is 0. The normalized spacial score (nSPS) is 18.4. The summed E-state index contributed by atoms with van der Waals surface area (Å²) in [6, 6.07) is 1.26. The average molecular weight is 226 g/mol. The average Bonchev–Trinajstić information content (AvgIpc) is 3.04. The van der Waals surface area contributed by atoms with Crippen molar-refractivity contribution in [1.29, 1.82) is 0 Å². The van der Waals surface area contributed by atoms with Gasteiger partial charge in [-0.15, -0.1) is 0 Å². The molecule has 0 aromatic rings. The third kappa shape index (κ3) is 5.86. The minimum atomic E-state index is 0.396. The quantitative estimate of drug-likeness (QED) is 0.655. The maximum absolute atomic E-state index is 6.19. The van der Waals surface area contributed by atoms with Gasteiger partial charge in [0, 0.05) is 18.6 Å². The van der Waals surface area contributed by atoms with E-state index in [2.05, 4.69) is 25.7 Å². The molecule has 0 aromatic carbocycles. The van der Waals surface area contributed by atoms with Gasteiger partial charge in [0.1, 0.15) is 0 Å². The molecule has 0 spiro atoms. The van der Waals surface area contributed by atoms with Gasteiger partial charge in [-0.2, -0.15) is 0 Å². The fourth-order valence-corrected chi connectivity index (χ4v) is 2.15. The van der Waals surface area contributed by atoms with Gasteiger partial charge in [0.25, 0.3) is 0 Å². The van der Waals surface area contributed by atoms with Crippen molar-refractivity contribution in [2.45, 2.75) is 71.4 Å². The summed E-state index contributed by atoms with van der Waals surface area (Å²) in [7, 11) is 0. The minimum absolute atomic E-state index is 0.396. The maximum Gasteiger partial charge on any atom is 0.0167 e. The van der Waals surface area contributed by atoms with E-state index in [-0.39, 0.29) is 0 Å². The van der Waals surface area contributed by atoms with Crippen LogP contribution in [0.4, 0.5) is 0 Å². The van der Waals surface area contributed by atoms with E-state index in [0.717, 1.165) is 18.5 Å². The molecule has 1 fully saturated rings. The second-order valence-corrected chi connectivity index (χ2v) is 5.81. The molecule has 1 rings (SSSR count). The monoisotopic (exact) mass is 226 g/mol. The Kier molecular flexibility index (Phi) is 6.37. The molecule has 2 heteroatoms. The van der Waals surface area contributed by atoms with Crippen molar-refractivity contribution in [3.8, 4) is 0 Å². The van der Waals surface area contributed by atoms with Gasteiger partial charge in [-0.05, 0) is 38.1 Å². The molecule has 0 radical (unpaired) electrons. The standard InChI is InChI=1S/C14H30N2/c1-4-5-6-13(15)11-16(14-7-8-14)10-9-12(2)3/h12-14H,4-11,15H2,1-3H3. The maximum atomic E-state index is 6.19. The van der Waals surface area contributed by atoms with Crippen LogP contribution in [0, 0.1) is 5.92 Å². The summed E-state index contributed by atoms with van der Waals surface area (Å²) in [6.45, 7) is 9.23. The second-order valence-electron chi connectivity index (χ2n) is 5.81. The highest BCUT2D eigenvalue weighted by atomic mass is 15.2. The highest BCUT2D eigenvalue weighted by Gasteiger charge is 2.29. The molecule has 1 aliphatic carbocycles. The van der Waals surface area contributed by atoms with Crippen LogP contribution in [-0.4, -0.2) is 30.1 Å². The van der Waals surface area contributed by atoms with E-state index < -0.39 is 0 Å². The molecule has 1 unspecified atom stereocenters. The smallest absolute Gasteiger partial charge is 0.0167 e. The number of unbranched alkanes of at least 4 members (excludes halogenated alkanes) is 1. The van der Waals surface area contributed by atoms with Crippen LogP contribution >= 0.6 is 0 Å². The van der Waals surface area contributed by atoms with Crippen LogP contribution in [0.3, 0.4) is 0 Å². The van der Waals surface area contributed by atoms with Gasteiger partial charge in [0.2, 0.25) is 0 Å². The molecule has 16 heavy (non-hydrogen) atoms. The molecule has 96 valence electrons. The zero-order valence-corrected chi connectivity index (χ0v) is 11.4. The highest BCUT2D eigenvalue weighted by molar-refractivity contribution is 4.86. The first-order chi connectivity index (χ1) is 7.63. The van der Waals surface area contributed by atoms with E-state index >= 15 is 0 Å². The lowest BCUT2D eigenvalue weighted by atomic mass is 10.1. The number of nitrogens with two attached hydrogens (primary N) is 1. The summed E-state index contributed by atoms with van der Waals surface area (Å²) in [5.74, 6) is 0.813. The molecule has 2 N–H and O–H groups in total. The van der Waals surface area contributed by atoms with Crippen LogP contribution in [0.2, 0.25) is 0 Å². The Morgan fingerprint density at radius 2 is 1.94 bits per heavy atom. The van der Waals surface area contributed by atoms with E-state index in [1.54, 1.807) is 0 Å². The van der Waals surface area contributed by atoms with E-state index in [4.69, 9.17) is 5.73 Å². The van der Waals surface area contributed by atoms with Crippen LogP contribution in [0.1, 0.15) is 59.3 Å². The lowest BCUT2D eigenvalue weighted by molar-refractivity contribution is 0.228. The first kappa shape index (κ1) is 14.0. The van der Waals surface area contributed by atoms with Crippen molar-refractivity contribution in [2.24, 2.45) is 11.7 Å². The largest absolute Gasteiger partial charge is 0.327 e. The fourth-order valence-electron chi connectivity index (χ4n) is 2.15. The van der Waals surface area contributed by atoms with Gasteiger partial charge < -0.3 is 5.73 Å². The van der Waals surface area contributed by atoms with Crippen molar-refractivity contribution in [3.63, 3.8) is 0 Å². The van der Waals surface area contributed by atoms with E-state index in [1.807, 2.05) is 0 Å². The van der Waals surface area contributed by atoms with Crippen LogP contribution in [0.25, 0.3) is 0 Å². The molecule has 0 saturated heterocycles. The predicted molar refractivity (Wildman–Crippen MR) is 71.6 cm³/mol. The lowest BCUT2D eigenvalue weighted by Gasteiger charge is -2.26.